The van der Waals surface area contributed by atoms with Crippen LogP contribution in [0.25, 0.3) is 0 Å². The fourth-order valence-corrected chi connectivity index (χ4v) is 3.05. The molecule has 0 aliphatic carbocycles. The molecule has 3 nitrogen and oxygen atoms in total. The SMILES string of the molecule is CCCCCCCCc1ccc(O[C@H]2CN[C@H](CO)C2)cc1. The second-order valence-corrected chi connectivity index (χ2v) is 6.43. The molecule has 1 aromatic carbocycles. The molecule has 2 atom stereocenters. The van der Waals surface area contributed by atoms with Gasteiger partial charge in [-0.3, -0.25) is 0 Å². The number of hydrogen-bond donors (Lipinski definition) is 2. The summed E-state index contributed by atoms with van der Waals surface area (Å²) in [5, 5.41) is 12.4. The Morgan fingerprint density at radius 3 is 2.50 bits per heavy atom. The van der Waals surface area contributed by atoms with Crippen LogP contribution in [0.5, 0.6) is 5.75 Å². The second-order valence-electron chi connectivity index (χ2n) is 6.43. The second kappa shape index (κ2) is 9.86. The minimum atomic E-state index is 0.182. The molecule has 0 aromatic heterocycles. The van der Waals surface area contributed by atoms with Gasteiger partial charge in [-0.05, 0) is 30.5 Å². The third-order valence-electron chi connectivity index (χ3n) is 4.45. The van der Waals surface area contributed by atoms with Crippen molar-refractivity contribution in [2.45, 2.75) is 70.4 Å². The van der Waals surface area contributed by atoms with Crippen LogP contribution in [-0.2, 0) is 6.42 Å². The lowest BCUT2D eigenvalue weighted by atomic mass is 10.0. The molecule has 1 aliphatic heterocycles. The monoisotopic (exact) mass is 305 g/mol. The average molecular weight is 305 g/mol. The number of aliphatic hydroxyl groups excluding tert-OH is 1. The van der Waals surface area contributed by atoms with Gasteiger partial charge in [0.05, 0.1) is 6.61 Å². The van der Waals surface area contributed by atoms with E-state index in [1.54, 1.807) is 0 Å². The zero-order valence-corrected chi connectivity index (χ0v) is 13.9. The zero-order valence-electron chi connectivity index (χ0n) is 13.9. The standard InChI is InChI=1S/C19H31NO2/c1-2-3-4-5-6-7-8-16-9-11-18(12-10-16)22-19-13-17(15-21)20-14-19/h9-12,17,19-21H,2-8,13-15H2,1H3/t17-,19+/m0/s1. The van der Waals surface area contributed by atoms with Crippen molar-refractivity contribution in [3.63, 3.8) is 0 Å². The summed E-state index contributed by atoms with van der Waals surface area (Å²) in [5.74, 6) is 0.942. The Bertz CT molecular complexity index is 404. The Kier molecular flexibility index (Phi) is 7.75. The molecule has 0 radical (unpaired) electrons. The highest BCUT2D eigenvalue weighted by Crippen LogP contribution is 2.19. The number of aliphatic hydroxyl groups is 1. The van der Waals surface area contributed by atoms with Crippen LogP contribution in [-0.4, -0.2) is 30.4 Å². The average Bonchev–Trinajstić information content (AvgIpc) is 3.00. The third-order valence-corrected chi connectivity index (χ3v) is 4.45. The van der Waals surface area contributed by atoms with Crippen molar-refractivity contribution in [3.05, 3.63) is 29.8 Å². The summed E-state index contributed by atoms with van der Waals surface area (Å²) in [6.07, 6.45) is 10.3. The first-order valence-corrected chi connectivity index (χ1v) is 8.91. The molecule has 1 aromatic rings. The van der Waals surface area contributed by atoms with Crippen LogP contribution >= 0.6 is 0 Å². The summed E-state index contributed by atoms with van der Waals surface area (Å²) < 4.78 is 5.96. The third kappa shape index (κ3) is 5.98. The molecule has 2 rings (SSSR count). The van der Waals surface area contributed by atoms with Crippen molar-refractivity contribution in [1.29, 1.82) is 0 Å². The van der Waals surface area contributed by atoms with E-state index in [9.17, 15) is 0 Å². The number of aryl methyl sites for hydroxylation is 1. The summed E-state index contributed by atoms with van der Waals surface area (Å²) >= 11 is 0. The Morgan fingerprint density at radius 1 is 1.09 bits per heavy atom. The van der Waals surface area contributed by atoms with E-state index >= 15 is 0 Å². The van der Waals surface area contributed by atoms with Crippen LogP contribution in [0.3, 0.4) is 0 Å². The molecule has 0 amide bonds. The van der Waals surface area contributed by atoms with Gasteiger partial charge in [-0.1, -0.05) is 51.2 Å². The van der Waals surface area contributed by atoms with E-state index in [0.717, 1.165) is 18.7 Å². The molecule has 1 fully saturated rings. The summed E-state index contributed by atoms with van der Waals surface area (Å²) in [7, 11) is 0. The number of benzene rings is 1. The highest BCUT2D eigenvalue weighted by atomic mass is 16.5. The van der Waals surface area contributed by atoms with E-state index in [1.807, 2.05) is 0 Å². The summed E-state index contributed by atoms with van der Waals surface area (Å²) in [4.78, 5) is 0. The predicted molar refractivity (Wildman–Crippen MR) is 91.4 cm³/mol. The van der Waals surface area contributed by atoms with Crippen LogP contribution in [0.2, 0.25) is 0 Å². The lowest BCUT2D eigenvalue weighted by Gasteiger charge is -2.13. The molecule has 1 aliphatic rings. The summed E-state index contributed by atoms with van der Waals surface area (Å²) in [6, 6.07) is 8.73. The van der Waals surface area contributed by atoms with Gasteiger partial charge < -0.3 is 15.2 Å². The minimum absolute atomic E-state index is 0.182. The molecule has 0 saturated carbocycles. The fraction of sp³-hybridized carbons (Fsp3) is 0.684. The van der Waals surface area contributed by atoms with E-state index in [1.165, 1.54) is 50.5 Å². The molecule has 0 bridgehead atoms. The minimum Gasteiger partial charge on any atom is -0.489 e. The molecular formula is C19H31NO2. The van der Waals surface area contributed by atoms with E-state index in [4.69, 9.17) is 9.84 Å². The maximum Gasteiger partial charge on any atom is 0.119 e. The Labute approximate surface area is 135 Å². The maximum absolute atomic E-state index is 9.12. The topological polar surface area (TPSA) is 41.5 Å². The van der Waals surface area contributed by atoms with Crippen molar-refractivity contribution in [2.24, 2.45) is 0 Å². The quantitative estimate of drug-likeness (QED) is 0.648. The normalized spacial score (nSPS) is 21.2. The van der Waals surface area contributed by atoms with Gasteiger partial charge in [0.15, 0.2) is 0 Å². The lowest BCUT2D eigenvalue weighted by molar-refractivity contribution is 0.206. The Hall–Kier alpha value is -1.06. The molecule has 3 heteroatoms. The van der Waals surface area contributed by atoms with Gasteiger partial charge in [0.2, 0.25) is 0 Å². The van der Waals surface area contributed by atoms with Crippen LogP contribution in [0.4, 0.5) is 0 Å². The molecule has 1 heterocycles. The fourth-order valence-electron chi connectivity index (χ4n) is 3.05. The van der Waals surface area contributed by atoms with Gasteiger partial charge >= 0.3 is 0 Å². The van der Waals surface area contributed by atoms with Crippen molar-refractivity contribution in [1.82, 2.24) is 5.32 Å². The summed E-state index contributed by atoms with van der Waals surface area (Å²) in [5.41, 5.74) is 1.40. The van der Waals surface area contributed by atoms with Crippen molar-refractivity contribution >= 4 is 0 Å². The predicted octanol–water partition coefficient (Wildman–Crippen LogP) is 3.69. The molecule has 1 saturated heterocycles. The van der Waals surface area contributed by atoms with Crippen LogP contribution in [0.1, 0.15) is 57.4 Å². The highest BCUT2D eigenvalue weighted by molar-refractivity contribution is 5.27. The number of nitrogens with one attached hydrogen (secondary N) is 1. The van der Waals surface area contributed by atoms with Crippen molar-refractivity contribution in [2.75, 3.05) is 13.2 Å². The first-order valence-electron chi connectivity index (χ1n) is 8.91. The van der Waals surface area contributed by atoms with Gasteiger partial charge in [-0.2, -0.15) is 0 Å². The van der Waals surface area contributed by atoms with Crippen LogP contribution in [0, 0.1) is 0 Å². The van der Waals surface area contributed by atoms with Gasteiger partial charge in [-0.15, -0.1) is 0 Å². The first-order chi connectivity index (χ1) is 10.8. The number of ether oxygens (including phenoxy) is 1. The van der Waals surface area contributed by atoms with Gasteiger partial charge in [0.1, 0.15) is 11.9 Å². The number of rotatable bonds is 10. The largest absolute Gasteiger partial charge is 0.489 e. The van der Waals surface area contributed by atoms with E-state index < -0.39 is 0 Å². The number of hydrogen-bond acceptors (Lipinski definition) is 3. The number of unbranched alkanes of at least 4 members (excludes halogenated alkanes) is 5. The molecule has 0 unspecified atom stereocenters. The Morgan fingerprint density at radius 2 is 1.82 bits per heavy atom. The highest BCUT2D eigenvalue weighted by Gasteiger charge is 2.24. The summed E-state index contributed by atoms with van der Waals surface area (Å²) in [6.45, 7) is 3.27. The van der Waals surface area contributed by atoms with E-state index in [-0.39, 0.29) is 18.8 Å². The smallest absolute Gasteiger partial charge is 0.119 e. The van der Waals surface area contributed by atoms with Gasteiger partial charge in [0.25, 0.3) is 0 Å². The molecule has 2 N–H and O–H groups in total. The maximum atomic E-state index is 9.12. The first kappa shape index (κ1) is 17.3. The zero-order chi connectivity index (χ0) is 15.6. The lowest BCUT2D eigenvalue weighted by Crippen LogP contribution is -2.25. The van der Waals surface area contributed by atoms with Crippen molar-refractivity contribution in [3.8, 4) is 5.75 Å². The van der Waals surface area contributed by atoms with Crippen molar-refractivity contribution < 1.29 is 9.84 Å². The van der Waals surface area contributed by atoms with Gasteiger partial charge in [0, 0.05) is 19.0 Å². The molecule has 124 valence electrons. The van der Waals surface area contributed by atoms with E-state index in [0.29, 0.717) is 0 Å². The van der Waals surface area contributed by atoms with Crippen LogP contribution in [0.15, 0.2) is 24.3 Å². The molecular weight excluding hydrogens is 274 g/mol. The van der Waals surface area contributed by atoms with E-state index in [2.05, 4.69) is 36.5 Å². The molecule has 22 heavy (non-hydrogen) atoms. The molecule has 0 spiro atoms. The van der Waals surface area contributed by atoms with Crippen LogP contribution < -0.4 is 10.1 Å². The van der Waals surface area contributed by atoms with Gasteiger partial charge in [-0.25, -0.2) is 0 Å². The Balaban J connectivity index is 1.65.